The van der Waals surface area contributed by atoms with Crippen LogP contribution < -0.4 is 4.74 Å². The quantitative estimate of drug-likeness (QED) is 0.845. The van der Waals surface area contributed by atoms with Crippen molar-refractivity contribution in [3.63, 3.8) is 0 Å². The Morgan fingerprint density at radius 3 is 2.56 bits per heavy atom. The Kier molecular flexibility index (Phi) is 4.09. The maximum absolute atomic E-state index is 13.1. The van der Waals surface area contributed by atoms with Gasteiger partial charge in [-0.05, 0) is 36.5 Å². The largest absolute Gasteiger partial charge is 0.481 e. The topological polar surface area (TPSA) is 59.5 Å². The normalized spacial score (nSPS) is 23.3. The van der Waals surface area contributed by atoms with Gasteiger partial charge in [0.25, 0.3) is 0 Å². The molecule has 3 heterocycles. The summed E-state index contributed by atoms with van der Waals surface area (Å²) in [6.07, 6.45) is 6.00. The zero-order valence-corrected chi connectivity index (χ0v) is 14.8. The predicted octanol–water partition coefficient (Wildman–Crippen LogP) is 3.10. The second-order valence-corrected chi connectivity index (χ2v) is 8.27. The number of aromatic nitrogens is 1. The molecule has 25 heavy (non-hydrogen) atoms. The fourth-order valence-corrected chi connectivity index (χ4v) is 5.56. The van der Waals surface area contributed by atoms with Crippen LogP contribution in [-0.2, 0) is 10.0 Å². The molecule has 0 spiro atoms. The number of nitrogens with zero attached hydrogens (tertiary/aromatic N) is 2. The van der Waals surface area contributed by atoms with Gasteiger partial charge in [-0.3, -0.25) is 0 Å². The molecule has 1 saturated heterocycles. The average Bonchev–Trinajstić information content (AvgIpc) is 2.94. The number of pyridine rings is 1. The summed E-state index contributed by atoms with van der Waals surface area (Å²) >= 11 is 0. The van der Waals surface area contributed by atoms with E-state index < -0.39 is 10.0 Å². The number of rotatable bonds is 4. The van der Waals surface area contributed by atoms with Crippen molar-refractivity contribution in [3.8, 4) is 5.88 Å². The van der Waals surface area contributed by atoms with Crippen molar-refractivity contribution < 1.29 is 13.2 Å². The first-order valence-electron chi connectivity index (χ1n) is 8.39. The third kappa shape index (κ3) is 2.85. The minimum Gasteiger partial charge on any atom is -0.481 e. The predicted molar refractivity (Wildman–Crippen MR) is 95.7 cm³/mol. The van der Waals surface area contributed by atoms with Crippen LogP contribution in [0.1, 0.15) is 24.8 Å². The summed E-state index contributed by atoms with van der Waals surface area (Å²) in [7, 11) is -2.05. The molecule has 2 aromatic rings. The molecule has 2 aliphatic heterocycles. The van der Waals surface area contributed by atoms with E-state index in [9.17, 15) is 8.42 Å². The van der Waals surface area contributed by atoms with Crippen LogP contribution in [0.2, 0.25) is 0 Å². The van der Waals surface area contributed by atoms with Gasteiger partial charge in [0, 0.05) is 18.2 Å². The maximum Gasteiger partial charge on any atom is 0.245 e. The van der Waals surface area contributed by atoms with Crippen molar-refractivity contribution in [2.75, 3.05) is 7.11 Å². The molecule has 5 nitrogen and oxygen atoms in total. The molecule has 0 N–H and O–H groups in total. The molecular formula is C19H20N2O3S. The monoisotopic (exact) mass is 356 g/mol. The Labute approximate surface area is 148 Å². The zero-order chi connectivity index (χ0) is 17.4. The second kappa shape index (κ2) is 6.28. The van der Waals surface area contributed by atoms with Crippen molar-refractivity contribution in [2.45, 2.75) is 36.2 Å². The van der Waals surface area contributed by atoms with E-state index in [4.69, 9.17) is 4.74 Å². The van der Waals surface area contributed by atoms with Crippen LogP contribution in [0.3, 0.4) is 0 Å². The number of fused-ring (bicyclic) bond motifs is 2. The van der Waals surface area contributed by atoms with Crippen LogP contribution in [0.5, 0.6) is 5.88 Å². The Morgan fingerprint density at radius 2 is 1.92 bits per heavy atom. The van der Waals surface area contributed by atoms with E-state index in [1.54, 1.807) is 16.4 Å². The van der Waals surface area contributed by atoms with Crippen LogP contribution in [0, 0.1) is 0 Å². The Hall–Kier alpha value is -2.18. The summed E-state index contributed by atoms with van der Waals surface area (Å²) < 4.78 is 32.9. The van der Waals surface area contributed by atoms with Gasteiger partial charge < -0.3 is 4.74 Å². The molecule has 2 atom stereocenters. The Bertz CT molecular complexity index is 892. The molecule has 0 amide bonds. The summed E-state index contributed by atoms with van der Waals surface area (Å²) in [5.74, 6) is 0.409. The number of hydrogen-bond acceptors (Lipinski definition) is 4. The third-order valence-electron chi connectivity index (χ3n) is 4.97. The lowest BCUT2D eigenvalue weighted by Crippen LogP contribution is -2.42. The van der Waals surface area contributed by atoms with Gasteiger partial charge in [-0.25, -0.2) is 13.4 Å². The number of ether oxygens (including phenoxy) is 1. The van der Waals surface area contributed by atoms with E-state index in [0.29, 0.717) is 5.88 Å². The van der Waals surface area contributed by atoms with Crippen LogP contribution in [0.15, 0.2) is 59.6 Å². The third-order valence-corrected chi connectivity index (χ3v) is 6.93. The van der Waals surface area contributed by atoms with Crippen molar-refractivity contribution in [1.82, 2.24) is 9.29 Å². The van der Waals surface area contributed by atoms with Crippen LogP contribution in [-0.4, -0.2) is 36.9 Å². The molecule has 2 unspecified atom stereocenters. The first kappa shape index (κ1) is 16.3. The first-order chi connectivity index (χ1) is 12.1. The smallest absolute Gasteiger partial charge is 0.245 e. The van der Waals surface area contributed by atoms with Gasteiger partial charge in [0.05, 0.1) is 13.3 Å². The highest BCUT2D eigenvalue weighted by molar-refractivity contribution is 7.89. The highest BCUT2D eigenvalue weighted by Gasteiger charge is 2.44. The standard InChI is InChI=1S/C19H20N2O3S/c1-24-19-10-9-18(13-20-19)25(22,23)21-16-7-8-17(21)12-15(11-16)14-5-3-2-4-6-14/h2-6,9-11,13,16-17H,7-8,12H2,1H3. The van der Waals surface area contributed by atoms with Gasteiger partial charge in [0.1, 0.15) is 4.90 Å². The van der Waals surface area contributed by atoms with Crippen LogP contribution >= 0.6 is 0 Å². The first-order valence-corrected chi connectivity index (χ1v) is 9.83. The van der Waals surface area contributed by atoms with Crippen LogP contribution in [0.4, 0.5) is 0 Å². The highest BCUT2D eigenvalue weighted by atomic mass is 32.2. The molecule has 6 heteroatoms. The summed E-state index contributed by atoms with van der Waals surface area (Å²) in [5.41, 5.74) is 2.43. The molecule has 1 aromatic heterocycles. The summed E-state index contributed by atoms with van der Waals surface area (Å²) in [6.45, 7) is 0. The summed E-state index contributed by atoms with van der Waals surface area (Å²) in [6, 6.07) is 13.3. The molecule has 0 radical (unpaired) electrons. The zero-order valence-electron chi connectivity index (χ0n) is 14.0. The van der Waals surface area contributed by atoms with E-state index >= 15 is 0 Å². The maximum atomic E-state index is 13.1. The number of methoxy groups -OCH3 is 1. The van der Waals surface area contributed by atoms with Gasteiger partial charge in [0.15, 0.2) is 0 Å². The van der Waals surface area contributed by atoms with E-state index in [1.807, 2.05) is 18.2 Å². The van der Waals surface area contributed by atoms with E-state index in [2.05, 4.69) is 23.2 Å². The Morgan fingerprint density at radius 1 is 1.12 bits per heavy atom. The SMILES string of the molecule is COc1ccc(S(=O)(=O)N2C3C=C(c4ccccc4)CC2CC3)cn1. The average molecular weight is 356 g/mol. The lowest BCUT2D eigenvalue weighted by Gasteiger charge is -2.33. The van der Waals surface area contributed by atoms with E-state index in [-0.39, 0.29) is 17.0 Å². The summed E-state index contributed by atoms with van der Waals surface area (Å²) in [5, 5.41) is 0. The van der Waals surface area contributed by atoms with Crippen molar-refractivity contribution in [2.24, 2.45) is 0 Å². The Balaban J connectivity index is 1.66. The minimum absolute atomic E-state index is 0.0114. The van der Waals surface area contributed by atoms with Gasteiger partial charge >= 0.3 is 0 Å². The number of sulfonamides is 1. The van der Waals surface area contributed by atoms with Gasteiger partial charge in [0.2, 0.25) is 15.9 Å². The molecule has 0 aliphatic carbocycles. The lowest BCUT2D eigenvalue weighted by molar-refractivity contribution is 0.345. The fraction of sp³-hybridized carbons (Fsp3) is 0.316. The molecule has 0 saturated carbocycles. The highest BCUT2D eigenvalue weighted by Crippen LogP contribution is 2.41. The van der Waals surface area contributed by atoms with Gasteiger partial charge in [-0.1, -0.05) is 36.4 Å². The molecule has 4 rings (SSSR count). The molecule has 1 aromatic carbocycles. The number of benzene rings is 1. The lowest BCUT2D eigenvalue weighted by atomic mass is 9.96. The van der Waals surface area contributed by atoms with Crippen molar-refractivity contribution >= 4 is 15.6 Å². The van der Waals surface area contributed by atoms with Gasteiger partial charge in [-0.15, -0.1) is 0 Å². The van der Waals surface area contributed by atoms with E-state index in [1.165, 1.54) is 24.4 Å². The van der Waals surface area contributed by atoms with Crippen LogP contribution in [0.25, 0.3) is 5.57 Å². The van der Waals surface area contributed by atoms with Gasteiger partial charge in [-0.2, -0.15) is 4.31 Å². The second-order valence-electron chi connectivity index (χ2n) is 6.43. The fourth-order valence-electron chi connectivity index (χ4n) is 3.79. The molecular weight excluding hydrogens is 336 g/mol. The van der Waals surface area contributed by atoms with E-state index in [0.717, 1.165) is 19.3 Å². The minimum atomic E-state index is -3.56. The molecule has 130 valence electrons. The molecule has 2 aliphatic rings. The summed E-state index contributed by atoms with van der Waals surface area (Å²) in [4.78, 5) is 4.27. The molecule has 2 bridgehead atoms. The van der Waals surface area contributed by atoms with Crippen molar-refractivity contribution in [1.29, 1.82) is 0 Å². The number of hydrogen-bond donors (Lipinski definition) is 0. The molecule has 1 fully saturated rings. The van der Waals surface area contributed by atoms with Crippen molar-refractivity contribution in [3.05, 3.63) is 60.3 Å².